The van der Waals surface area contributed by atoms with Gasteiger partial charge in [0.25, 0.3) is 5.91 Å². The van der Waals surface area contributed by atoms with Crippen LogP contribution in [0.1, 0.15) is 27.7 Å². The van der Waals surface area contributed by atoms with Crippen molar-refractivity contribution in [3.05, 3.63) is 48.6 Å². The number of allylic oxidation sites excluding steroid dienone is 3. The Balaban J connectivity index is 2.68. The number of rotatable bonds is 8. The molecule has 0 bridgehead atoms. The summed E-state index contributed by atoms with van der Waals surface area (Å²) < 4.78 is 31.5. The highest BCUT2D eigenvalue weighted by Gasteiger charge is 2.18. The molecule has 1 aromatic carbocycles. The molecule has 1 rings (SSSR count). The zero-order valence-electron chi connectivity index (χ0n) is 15.2. The number of nitrogens with one attached hydrogen (secondary N) is 2. The van der Waals surface area contributed by atoms with Gasteiger partial charge in [-0.2, -0.15) is 0 Å². The highest BCUT2D eigenvalue weighted by molar-refractivity contribution is 7.89. The second-order valence-corrected chi connectivity index (χ2v) is 7.47. The summed E-state index contributed by atoms with van der Waals surface area (Å²) in [7, 11) is -3.59. The number of esters is 1. The van der Waals surface area contributed by atoms with Crippen LogP contribution < -0.4 is 10.0 Å². The van der Waals surface area contributed by atoms with Crippen molar-refractivity contribution in [2.45, 2.75) is 44.7 Å². The minimum absolute atomic E-state index is 0.0952. The van der Waals surface area contributed by atoms with Gasteiger partial charge in [-0.25, -0.2) is 17.9 Å². The first-order valence-corrected chi connectivity index (χ1v) is 9.57. The molecule has 0 radical (unpaired) electrons. The molecule has 1 atom stereocenters. The van der Waals surface area contributed by atoms with E-state index in [1.165, 1.54) is 43.3 Å². The van der Waals surface area contributed by atoms with Gasteiger partial charge in [0.05, 0.1) is 4.90 Å². The zero-order chi connectivity index (χ0) is 19.7. The summed E-state index contributed by atoms with van der Waals surface area (Å²) in [5, 5.41) is 2.56. The first-order valence-electron chi connectivity index (χ1n) is 8.09. The summed E-state index contributed by atoms with van der Waals surface area (Å²) in [5.41, 5.74) is 0.394. The van der Waals surface area contributed by atoms with E-state index in [0.29, 0.717) is 5.69 Å². The van der Waals surface area contributed by atoms with Gasteiger partial charge in [0.1, 0.15) is 0 Å². The van der Waals surface area contributed by atoms with Gasteiger partial charge in [-0.15, -0.1) is 0 Å². The largest absolute Gasteiger partial charge is 0.449 e. The number of ether oxygens (including phenoxy) is 1. The standard InChI is InChI=1S/C18H24N2O5S/c1-5-6-7-8-17(21)25-14(4)18(22)19-15-9-11-16(12-10-15)26(23,24)20-13(2)3/h5-14,20H,1-4H3,(H,19,22)/b6-5+,8-7+. The number of carbonyl (C=O) groups is 2. The van der Waals surface area contributed by atoms with Crippen LogP contribution in [-0.2, 0) is 24.3 Å². The predicted octanol–water partition coefficient (Wildman–Crippen LogP) is 2.38. The number of benzene rings is 1. The van der Waals surface area contributed by atoms with Crippen LogP contribution in [0.5, 0.6) is 0 Å². The summed E-state index contributed by atoms with van der Waals surface area (Å²) >= 11 is 0. The molecule has 0 fully saturated rings. The van der Waals surface area contributed by atoms with Crippen LogP contribution in [0, 0.1) is 0 Å². The minimum atomic E-state index is -3.59. The van der Waals surface area contributed by atoms with Crippen molar-refractivity contribution in [1.82, 2.24) is 4.72 Å². The summed E-state index contributed by atoms with van der Waals surface area (Å²) in [4.78, 5) is 23.7. The Hall–Kier alpha value is -2.45. The van der Waals surface area contributed by atoms with Crippen LogP contribution in [0.3, 0.4) is 0 Å². The van der Waals surface area contributed by atoms with Crippen LogP contribution in [0.25, 0.3) is 0 Å². The Labute approximate surface area is 154 Å². The van der Waals surface area contributed by atoms with Crippen LogP contribution in [0.2, 0.25) is 0 Å². The first-order chi connectivity index (χ1) is 12.2. The third-order valence-electron chi connectivity index (χ3n) is 3.02. The molecule has 0 aliphatic heterocycles. The maximum absolute atomic E-state index is 12.0. The molecule has 0 aliphatic rings. The Kier molecular flexibility index (Phi) is 8.21. The number of carbonyl (C=O) groups excluding carboxylic acids is 2. The highest BCUT2D eigenvalue weighted by atomic mass is 32.2. The molecule has 0 aromatic heterocycles. The van der Waals surface area contributed by atoms with E-state index in [-0.39, 0.29) is 10.9 Å². The summed E-state index contributed by atoms with van der Waals surface area (Å²) in [6, 6.07) is 5.48. The third-order valence-corrected chi connectivity index (χ3v) is 4.70. The van der Waals surface area contributed by atoms with E-state index in [4.69, 9.17) is 4.74 Å². The van der Waals surface area contributed by atoms with E-state index in [1.807, 2.05) is 0 Å². The topological polar surface area (TPSA) is 102 Å². The van der Waals surface area contributed by atoms with Gasteiger partial charge in [0, 0.05) is 17.8 Å². The molecule has 1 aromatic rings. The van der Waals surface area contributed by atoms with Crippen molar-refractivity contribution >= 4 is 27.6 Å². The van der Waals surface area contributed by atoms with Crippen molar-refractivity contribution in [3.63, 3.8) is 0 Å². The van der Waals surface area contributed by atoms with Crippen molar-refractivity contribution in [3.8, 4) is 0 Å². The molecule has 26 heavy (non-hydrogen) atoms. The van der Waals surface area contributed by atoms with E-state index in [2.05, 4.69) is 10.0 Å². The van der Waals surface area contributed by atoms with E-state index in [9.17, 15) is 18.0 Å². The lowest BCUT2D eigenvalue weighted by Gasteiger charge is -2.13. The van der Waals surface area contributed by atoms with E-state index in [0.717, 1.165) is 0 Å². The Morgan fingerprint density at radius 3 is 2.23 bits per heavy atom. The molecule has 0 aliphatic carbocycles. The molecular weight excluding hydrogens is 356 g/mol. The Morgan fingerprint density at radius 2 is 1.69 bits per heavy atom. The minimum Gasteiger partial charge on any atom is -0.449 e. The molecule has 1 amide bonds. The molecule has 0 spiro atoms. The van der Waals surface area contributed by atoms with Crippen LogP contribution in [0.15, 0.2) is 53.5 Å². The smallest absolute Gasteiger partial charge is 0.331 e. The Bertz CT molecular complexity index is 780. The number of amides is 1. The van der Waals surface area contributed by atoms with E-state index >= 15 is 0 Å². The first kappa shape index (κ1) is 21.6. The molecular formula is C18H24N2O5S. The molecule has 1 unspecified atom stereocenters. The maximum atomic E-state index is 12.0. The fourth-order valence-electron chi connectivity index (χ4n) is 1.85. The van der Waals surface area contributed by atoms with Gasteiger partial charge in [0.2, 0.25) is 10.0 Å². The van der Waals surface area contributed by atoms with Gasteiger partial charge in [-0.1, -0.05) is 18.2 Å². The average Bonchev–Trinajstić information content (AvgIpc) is 2.54. The quantitative estimate of drug-likeness (QED) is 0.410. The SMILES string of the molecule is C/C=C/C=C/C(=O)OC(C)C(=O)Nc1ccc(S(=O)(=O)NC(C)C)cc1. The molecule has 7 nitrogen and oxygen atoms in total. The molecule has 8 heteroatoms. The average molecular weight is 380 g/mol. The lowest BCUT2D eigenvalue weighted by atomic mass is 10.3. The van der Waals surface area contributed by atoms with Crippen LogP contribution in [-0.4, -0.2) is 32.4 Å². The second-order valence-electron chi connectivity index (χ2n) is 5.75. The number of hydrogen-bond donors (Lipinski definition) is 2. The fourth-order valence-corrected chi connectivity index (χ4v) is 3.10. The molecule has 2 N–H and O–H groups in total. The highest BCUT2D eigenvalue weighted by Crippen LogP contribution is 2.15. The van der Waals surface area contributed by atoms with Gasteiger partial charge in [0.15, 0.2) is 6.10 Å². The van der Waals surface area contributed by atoms with Crippen molar-refractivity contribution in [2.75, 3.05) is 5.32 Å². The van der Waals surface area contributed by atoms with Crippen molar-refractivity contribution < 1.29 is 22.7 Å². The third kappa shape index (κ3) is 7.20. The summed E-state index contributed by atoms with van der Waals surface area (Å²) in [6.45, 7) is 6.70. The lowest BCUT2D eigenvalue weighted by molar-refractivity contribution is -0.148. The van der Waals surface area contributed by atoms with E-state index < -0.39 is 28.0 Å². The van der Waals surface area contributed by atoms with E-state index in [1.54, 1.807) is 32.9 Å². The molecule has 0 saturated heterocycles. The van der Waals surface area contributed by atoms with Crippen molar-refractivity contribution in [1.29, 1.82) is 0 Å². The van der Waals surface area contributed by atoms with Gasteiger partial charge >= 0.3 is 5.97 Å². The normalized spacial score (nSPS) is 13.3. The predicted molar refractivity (Wildman–Crippen MR) is 100 cm³/mol. The van der Waals surface area contributed by atoms with Gasteiger partial charge < -0.3 is 10.1 Å². The second kappa shape index (κ2) is 9.88. The fraction of sp³-hybridized carbons (Fsp3) is 0.333. The van der Waals surface area contributed by atoms with Crippen LogP contribution >= 0.6 is 0 Å². The van der Waals surface area contributed by atoms with Crippen molar-refractivity contribution in [2.24, 2.45) is 0 Å². The molecule has 142 valence electrons. The lowest BCUT2D eigenvalue weighted by Crippen LogP contribution is -2.30. The monoisotopic (exact) mass is 380 g/mol. The zero-order valence-corrected chi connectivity index (χ0v) is 16.0. The summed E-state index contributed by atoms with van der Waals surface area (Å²) in [5.74, 6) is -1.15. The number of anilines is 1. The molecule has 0 heterocycles. The summed E-state index contributed by atoms with van der Waals surface area (Å²) in [6.07, 6.45) is 5.14. The number of sulfonamides is 1. The molecule has 0 saturated carbocycles. The van der Waals surface area contributed by atoms with Gasteiger partial charge in [-0.3, -0.25) is 4.79 Å². The van der Waals surface area contributed by atoms with Crippen LogP contribution in [0.4, 0.5) is 5.69 Å². The maximum Gasteiger partial charge on any atom is 0.331 e. The Morgan fingerprint density at radius 1 is 1.08 bits per heavy atom. The number of hydrogen-bond acceptors (Lipinski definition) is 5. The van der Waals surface area contributed by atoms with Gasteiger partial charge in [-0.05, 0) is 52.0 Å².